The molecule has 0 bridgehead atoms. The van der Waals surface area contributed by atoms with Crippen molar-refractivity contribution in [1.82, 2.24) is 4.57 Å². The van der Waals surface area contributed by atoms with Crippen LogP contribution in [-0.4, -0.2) is 12.9 Å². The lowest BCUT2D eigenvalue weighted by Crippen LogP contribution is -2.47. The topological polar surface area (TPSA) is 14.2 Å². The second-order valence-electron chi connectivity index (χ2n) is 8.87. The van der Waals surface area contributed by atoms with E-state index in [1.54, 1.807) is 0 Å². The van der Waals surface area contributed by atoms with Gasteiger partial charge in [0.1, 0.15) is 0 Å². The van der Waals surface area contributed by atoms with Gasteiger partial charge in [-0.25, -0.2) is 0 Å². The Balaban J connectivity index is 1.97. The van der Waals surface area contributed by atoms with Crippen LogP contribution in [0.2, 0.25) is 16.6 Å². The summed E-state index contributed by atoms with van der Waals surface area (Å²) in [5, 5.41) is 1.29. The molecule has 2 nitrogen and oxygen atoms in total. The number of fused-ring (bicyclic) bond motifs is 1. The largest absolute Gasteiger partial charge is 0.410 e. The van der Waals surface area contributed by atoms with Gasteiger partial charge < -0.3 is 8.99 Å². The highest BCUT2D eigenvalue weighted by atomic mass is 28.4. The molecule has 0 atom stereocenters. The minimum Gasteiger partial charge on any atom is -0.410 e. The zero-order valence-corrected chi connectivity index (χ0v) is 19.3. The molecule has 0 saturated carbocycles. The zero-order chi connectivity index (χ0) is 20.3. The van der Waals surface area contributed by atoms with Crippen LogP contribution in [0.1, 0.15) is 52.8 Å². The van der Waals surface area contributed by atoms with Gasteiger partial charge in [0.05, 0.1) is 6.61 Å². The van der Waals surface area contributed by atoms with E-state index in [-0.39, 0.29) is 0 Å². The van der Waals surface area contributed by atoms with Crippen LogP contribution in [0.3, 0.4) is 0 Å². The summed E-state index contributed by atoms with van der Waals surface area (Å²) in [7, 11) is -1.89. The first-order valence-corrected chi connectivity index (χ1v) is 12.7. The first-order chi connectivity index (χ1) is 13.4. The van der Waals surface area contributed by atoms with Gasteiger partial charge in [0, 0.05) is 17.8 Å². The van der Waals surface area contributed by atoms with E-state index >= 15 is 0 Å². The summed E-state index contributed by atoms with van der Waals surface area (Å²) in [5.41, 5.74) is 5.68. The van der Waals surface area contributed by atoms with Gasteiger partial charge in [0.15, 0.2) is 0 Å². The van der Waals surface area contributed by atoms with Crippen LogP contribution in [0.5, 0.6) is 0 Å². The molecule has 0 saturated heterocycles. The minimum atomic E-state index is -1.89. The molecule has 0 spiro atoms. The molecule has 2 aromatic carbocycles. The van der Waals surface area contributed by atoms with E-state index in [4.69, 9.17) is 4.43 Å². The number of aromatic nitrogens is 1. The zero-order valence-electron chi connectivity index (χ0n) is 18.3. The fraction of sp³-hybridized carbons (Fsp3) is 0.440. The highest BCUT2D eigenvalue weighted by Crippen LogP contribution is 2.43. The van der Waals surface area contributed by atoms with E-state index in [2.05, 4.69) is 107 Å². The van der Waals surface area contributed by atoms with Crippen LogP contribution >= 0.6 is 0 Å². The Bertz CT molecular complexity index is 874. The van der Waals surface area contributed by atoms with Crippen LogP contribution in [-0.2, 0) is 17.6 Å². The van der Waals surface area contributed by atoms with Crippen LogP contribution in [0.25, 0.3) is 10.9 Å². The number of benzene rings is 2. The fourth-order valence-corrected chi connectivity index (χ4v) is 10.4. The predicted molar refractivity (Wildman–Crippen MR) is 123 cm³/mol. The van der Waals surface area contributed by atoms with Gasteiger partial charge in [-0.05, 0) is 39.7 Å². The molecule has 0 fully saturated rings. The van der Waals surface area contributed by atoms with Crippen molar-refractivity contribution in [3.8, 4) is 0 Å². The van der Waals surface area contributed by atoms with Crippen molar-refractivity contribution in [2.24, 2.45) is 0 Å². The molecule has 0 radical (unpaired) electrons. The van der Waals surface area contributed by atoms with E-state index in [0.717, 1.165) is 6.54 Å². The van der Waals surface area contributed by atoms with E-state index in [9.17, 15) is 0 Å². The summed E-state index contributed by atoms with van der Waals surface area (Å²) in [6.07, 6.45) is 0. The average molecular weight is 394 g/mol. The van der Waals surface area contributed by atoms with Crippen LogP contribution in [0, 0.1) is 0 Å². The van der Waals surface area contributed by atoms with Crippen LogP contribution in [0.15, 0.2) is 60.7 Å². The van der Waals surface area contributed by atoms with E-state index < -0.39 is 8.32 Å². The van der Waals surface area contributed by atoms with Crippen molar-refractivity contribution in [1.29, 1.82) is 0 Å². The summed E-state index contributed by atoms with van der Waals surface area (Å²) in [5.74, 6) is 0. The highest BCUT2D eigenvalue weighted by molar-refractivity contribution is 6.77. The molecular weight excluding hydrogens is 358 g/mol. The lowest BCUT2D eigenvalue weighted by molar-refractivity contribution is 0.258. The molecular formula is C25H35NOSi. The number of rotatable bonds is 8. The number of hydrogen-bond acceptors (Lipinski definition) is 1. The molecule has 1 heterocycles. The van der Waals surface area contributed by atoms with Crippen molar-refractivity contribution < 1.29 is 4.43 Å². The first kappa shape index (κ1) is 20.9. The fourth-order valence-electron chi connectivity index (χ4n) is 5.04. The van der Waals surface area contributed by atoms with Gasteiger partial charge in [-0.3, -0.25) is 0 Å². The monoisotopic (exact) mass is 393 g/mol. The average Bonchev–Trinajstić information content (AvgIpc) is 3.00. The first-order valence-electron chi connectivity index (χ1n) is 10.6. The molecule has 28 heavy (non-hydrogen) atoms. The van der Waals surface area contributed by atoms with Crippen LogP contribution < -0.4 is 0 Å². The van der Waals surface area contributed by atoms with E-state index in [0.29, 0.717) is 23.2 Å². The van der Waals surface area contributed by atoms with E-state index in [1.807, 2.05) is 0 Å². The molecule has 0 aliphatic rings. The van der Waals surface area contributed by atoms with Crippen LogP contribution in [0.4, 0.5) is 0 Å². The van der Waals surface area contributed by atoms with Crippen molar-refractivity contribution in [2.75, 3.05) is 0 Å². The third-order valence-corrected chi connectivity index (χ3v) is 12.3. The molecule has 0 aliphatic carbocycles. The quantitative estimate of drug-likeness (QED) is 0.364. The van der Waals surface area contributed by atoms with Gasteiger partial charge in [-0.15, -0.1) is 0 Å². The Morgan fingerprint density at radius 1 is 0.786 bits per heavy atom. The van der Waals surface area contributed by atoms with Gasteiger partial charge >= 0.3 is 0 Å². The Kier molecular flexibility index (Phi) is 6.46. The number of nitrogens with zero attached hydrogens (tertiary/aromatic N) is 1. The summed E-state index contributed by atoms with van der Waals surface area (Å²) in [6.45, 7) is 15.7. The third kappa shape index (κ3) is 3.97. The number of para-hydroxylation sites is 1. The maximum atomic E-state index is 6.93. The maximum absolute atomic E-state index is 6.93. The molecule has 0 aliphatic heterocycles. The van der Waals surface area contributed by atoms with Gasteiger partial charge in [0.2, 0.25) is 8.32 Å². The normalized spacial score (nSPS) is 12.6. The SMILES string of the molecule is CC(C)[Si](OCc1cc2ccccc2n1Cc1ccccc1)(C(C)C)C(C)C. The molecule has 0 amide bonds. The Hall–Kier alpha value is -1.84. The second-order valence-corrected chi connectivity index (χ2v) is 14.3. The van der Waals surface area contributed by atoms with Crippen molar-refractivity contribution in [3.05, 3.63) is 71.9 Å². The lowest BCUT2D eigenvalue weighted by Gasteiger charge is -2.42. The molecule has 3 rings (SSSR count). The Morgan fingerprint density at radius 2 is 1.36 bits per heavy atom. The number of hydrogen-bond donors (Lipinski definition) is 0. The standard InChI is InChI=1S/C25H35NOSi/c1-19(2)28(20(3)4,21(5)6)27-18-24-16-23-14-10-11-15-25(23)26(24)17-22-12-8-7-9-13-22/h7-16,19-21H,17-18H2,1-6H3. The lowest BCUT2D eigenvalue weighted by atomic mass is 10.2. The molecule has 1 aromatic heterocycles. The summed E-state index contributed by atoms with van der Waals surface area (Å²) >= 11 is 0. The molecule has 0 unspecified atom stereocenters. The third-order valence-electron chi connectivity index (χ3n) is 6.26. The molecule has 0 N–H and O–H groups in total. The van der Waals surface area contributed by atoms with Gasteiger partial charge in [-0.2, -0.15) is 0 Å². The minimum absolute atomic E-state index is 0.597. The predicted octanol–water partition coefficient (Wildman–Crippen LogP) is 7.38. The highest BCUT2D eigenvalue weighted by Gasteiger charge is 2.45. The Labute approximate surface area is 171 Å². The smallest absolute Gasteiger partial charge is 0.200 e. The molecule has 3 heteroatoms. The van der Waals surface area contributed by atoms with Gasteiger partial charge in [-0.1, -0.05) is 90.1 Å². The molecule has 150 valence electrons. The van der Waals surface area contributed by atoms with Crippen molar-refractivity contribution in [2.45, 2.75) is 71.3 Å². The summed E-state index contributed by atoms with van der Waals surface area (Å²) in [4.78, 5) is 0. The summed E-state index contributed by atoms with van der Waals surface area (Å²) < 4.78 is 9.36. The maximum Gasteiger partial charge on any atom is 0.200 e. The van der Waals surface area contributed by atoms with Gasteiger partial charge in [0.25, 0.3) is 0 Å². The van der Waals surface area contributed by atoms with Crippen molar-refractivity contribution >= 4 is 19.2 Å². The summed E-state index contributed by atoms with van der Waals surface area (Å²) in [6, 6.07) is 21.7. The van der Waals surface area contributed by atoms with Crippen molar-refractivity contribution in [3.63, 3.8) is 0 Å². The molecule has 3 aromatic rings. The van der Waals surface area contributed by atoms with E-state index in [1.165, 1.54) is 22.2 Å². The second kappa shape index (κ2) is 8.67. The Morgan fingerprint density at radius 3 is 1.96 bits per heavy atom.